The molecule has 6 heteroatoms. The molecular formula is C20H26FN3O2. The largest absolute Gasteiger partial charge is 0.381 e. The second kappa shape index (κ2) is 7.10. The van der Waals surface area contributed by atoms with Crippen LogP contribution in [-0.4, -0.2) is 53.2 Å². The van der Waals surface area contributed by atoms with Crippen molar-refractivity contribution in [1.29, 1.82) is 0 Å². The summed E-state index contributed by atoms with van der Waals surface area (Å²) in [5, 5.41) is 4.32. The Labute approximate surface area is 153 Å². The zero-order valence-electron chi connectivity index (χ0n) is 15.4. The molecule has 1 saturated carbocycles. The molecule has 0 radical (unpaired) electrons. The Morgan fingerprint density at radius 2 is 2.19 bits per heavy atom. The van der Waals surface area contributed by atoms with Gasteiger partial charge in [0.15, 0.2) is 0 Å². The van der Waals surface area contributed by atoms with Crippen LogP contribution in [0, 0.1) is 5.82 Å². The van der Waals surface area contributed by atoms with E-state index < -0.39 is 0 Å². The summed E-state index contributed by atoms with van der Waals surface area (Å²) in [7, 11) is 3.60. The van der Waals surface area contributed by atoms with Crippen LogP contribution in [-0.2, 0) is 16.0 Å². The van der Waals surface area contributed by atoms with E-state index in [-0.39, 0.29) is 17.5 Å². The predicted octanol–water partition coefficient (Wildman–Crippen LogP) is 3.17. The molecule has 1 saturated heterocycles. The normalized spacial score (nSPS) is 29.0. The molecule has 1 aliphatic carbocycles. The number of likely N-dealkylation sites (tertiary alicyclic amines) is 1. The summed E-state index contributed by atoms with van der Waals surface area (Å²) in [6, 6.07) is 7.09. The van der Waals surface area contributed by atoms with Gasteiger partial charge in [0.25, 0.3) is 0 Å². The first-order valence-electron chi connectivity index (χ1n) is 9.25. The average molecular weight is 359 g/mol. The minimum Gasteiger partial charge on any atom is -0.381 e. The van der Waals surface area contributed by atoms with E-state index >= 15 is 0 Å². The second-order valence-corrected chi connectivity index (χ2v) is 7.36. The Morgan fingerprint density at radius 1 is 1.31 bits per heavy atom. The third kappa shape index (κ3) is 3.06. The highest BCUT2D eigenvalue weighted by Gasteiger charge is 2.51. The van der Waals surface area contributed by atoms with E-state index in [0.717, 1.165) is 43.5 Å². The molecule has 26 heavy (non-hydrogen) atoms. The molecule has 0 amide bonds. The third-order valence-corrected chi connectivity index (χ3v) is 6.15. The Bertz CT molecular complexity index is 752. The molecule has 0 spiro atoms. The summed E-state index contributed by atoms with van der Waals surface area (Å²) in [5.41, 5.74) is 1.76. The smallest absolute Gasteiger partial charge is 0.123 e. The first-order chi connectivity index (χ1) is 12.6. The van der Waals surface area contributed by atoms with Crippen LogP contribution in [0.25, 0.3) is 5.69 Å². The van der Waals surface area contributed by atoms with Gasteiger partial charge in [-0.25, -0.2) is 9.07 Å². The van der Waals surface area contributed by atoms with E-state index in [1.165, 1.54) is 6.07 Å². The maximum absolute atomic E-state index is 14.0. The number of benzene rings is 1. The molecule has 2 fully saturated rings. The van der Waals surface area contributed by atoms with Gasteiger partial charge in [0.05, 0.1) is 17.4 Å². The number of halogens is 1. The fourth-order valence-electron chi connectivity index (χ4n) is 4.69. The Hall–Kier alpha value is -1.76. The fourth-order valence-corrected chi connectivity index (χ4v) is 4.69. The van der Waals surface area contributed by atoms with Crippen LogP contribution in [0.2, 0.25) is 0 Å². The van der Waals surface area contributed by atoms with Crippen LogP contribution in [0.5, 0.6) is 0 Å². The van der Waals surface area contributed by atoms with Gasteiger partial charge in [-0.15, -0.1) is 0 Å². The topological polar surface area (TPSA) is 39.5 Å². The summed E-state index contributed by atoms with van der Waals surface area (Å²) in [6.45, 7) is 1.63. The van der Waals surface area contributed by atoms with Crippen LogP contribution in [0.4, 0.5) is 4.39 Å². The van der Waals surface area contributed by atoms with Crippen molar-refractivity contribution in [2.45, 2.75) is 50.0 Å². The first-order valence-corrected chi connectivity index (χ1v) is 9.25. The van der Waals surface area contributed by atoms with Gasteiger partial charge in [0.2, 0.25) is 0 Å². The number of hydrogen-bond donors (Lipinski definition) is 0. The fraction of sp³-hybridized carbons (Fsp3) is 0.550. The molecule has 2 aromatic rings. The minimum atomic E-state index is -0.216. The summed E-state index contributed by atoms with van der Waals surface area (Å²) in [6.07, 6.45) is 7.91. The summed E-state index contributed by atoms with van der Waals surface area (Å²) in [5.74, 6) is -0.216. The van der Waals surface area contributed by atoms with E-state index in [2.05, 4.69) is 10.00 Å². The number of aromatic nitrogens is 2. The van der Waals surface area contributed by atoms with Crippen LogP contribution in [0.3, 0.4) is 0 Å². The molecule has 0 N–H and O–H groups in total. The quantitative estimate of drug-likeness (QED) is 0.822. The number of methoxy groups -OCH3 is 2. The van der Waals surface area contributed by atoms with E-state index in [0.29, 0.717) is 12.6 Å². The van der Waals surface area contributed by atoms with Crippen molar-refractivity contribution in [3.8, 4) is 5.69 Å². The minimum absolute atomic E-state index is 0.103. The molecule has 0 bridgehead atoms. The van der Waals surface area contributed by atoms with Crippen LogP contribution >= 0.6 is 0 Å². The van der Waals surface area contributed by atoms with Gasteiger partial charge in [0.1, 0.15) is 5.82 Å². The van der Waals surface area contributed by atoms with Crippen LogP contribution < -0.4 is 0 Å². The summed E-state index contributed by atoms with van der Waals surface area (Å²) < 4.78 is 27.4. The lowest BCUT2D eigenvalue weighted by Gasteiger charge is -2.43. The van der Waals surface area contributed by atoms with E-state index in [9.17, 15) is 4.39 Å². The van der Waals surface area contributed by atoms with Gasteiger partial charge in [-0.05, 0) is 55.5 Å². The molecule has 3 atom stereocenters. The van der Waals surface area contributed by atoms with Crippen molar-refractivity contribution in [3.63, 3.8) is 0 Å². The Balaban J connectivity index is 1.62. The van der Waals surface area contributed by atoms with E-state index in [1.54, 1.807) is 30.1 Å². The van der Waals surface area contributed by atoms with Gasteiger partial charge in [-0.2, -0.15) is 5.10 Å². The molecular weight excluding hydrogens is 333 g/mol. The van der Waals surface area contributed by atoms with Crippen molar-refractivity contribution in [3.05, 3.63) is 48.0 Å². The van der Waals surface area contributed by atoms with Crippen LogP contribution in [0.1, 0.15) is 31.2 Å². The monoisotopic (exact) mass is 359 g/mol. The molecule has 1 aromatic heterocycles. The standard InChI is InChI=1S/C20H26FN3O2/c1-25-17-6-7-20(26-2)8-11-23(19(20)13-17)14-15-12-16(21)4-5-18(15)24-10-3-9-22-24/h3-5,9-10,12,17,19H,6-8,11,13-14H2,1-2H3/t17-,19+,20-/m1/s1. The lowest BCUT2D eigenvalue weighted by Crippen LogP contribution is -2.51. The number of hydrogen-bond acceptors (Lipinski definition) is 4. The van der Waals surface area contributed by atoms with Gasteiger partial charge in [0, 0.05) is 45.7 Å². The molecule has 1 aliphatic heterocycles. The van der Waals surface area contributed by atoms with Gasteiger partial charge >= 0.3 is 0 Å². The van der Waals surface area contributed by atoms with E-state index in [1.807, 2.05) is 19.4 Å². The molecule has 5 nitrogen and oxygen atoms in total. The lowest BCUT2D eigenvalue weighted by molar-refractivity contribution is -0.0947. The Morgan fingerprint density at radius 3 is 2.92 bits per heavy atom. The molecule has 4 rings (SSSR count). The maximum Gasteiger partial charge on any atom is 0.123 e. The molecule has 1 aromatic carbocycles. The molecule has 0 unspecified atom stereocenters. The predicted molar refractivity (Wildman–Crippen MR) is 96.7 cm³/mol. The van der Waals surface area contributed by atoms with E-state index in [4.69, 9.17) is 9.47 Å². The van der Waals surface area contributed by atoms with Crippen LogP contribution in [0.15, 0.2) is 36.7 Å². The van der Waals surface area contributed by atoms with Crippen molar-refractivity contribution < 1.29 is 13.9 Å². The number of fused-ring (bicyclic) bond motifs is 1. The third-order valence-electron chi connectivity index (χ3n) is 6.15. The summed E-state index contributed by atoms with van der Waals surface area (Å²) >= 11 is 0. The highest BCUT2D eigenvalue weighted by molar-refractivity contribution is 5.41. The van der Waals surface area contributed by atoms with Gasteiger partial charge in [-0.3, -0.25) is 4.90 Å². The zero-order valence-corrected chi connectivity index (χ0v) is 15.4. The van der Waals surface area contributed by atoms with Crippen molar-refractivity contribution in [2.24, 2.45) is 0 Å². The van der Waals surface area contributed by atoms with Crippen molar-refractivity contribution in [1.82, 2.24) is 14.7 Å². The second-order valence-electron chi connectivity index (χ2n) is 7.36. The molecule has 2 heterocycles. The van der Waals surface area contributed by atoms with Gasteiger partial charge < -0.3 is 9.47 Å². The van der Waals surface area contributed by atoms with Gasteiger partial charge in [-0.1, -0.05) is 0 Å². The zero-order chi connectivity index (χ0) is 18.1. The first kappa shape index (κ1) is 17.6. The average Bonchev–Trinajstić information content (AvgIpc) is 3.30. The number of rotatable bonds is 5. The molecule has 140 valence electrons. The Kier molecular flexibility index (Phi) is 4.82. The highest BCUT2D eigenvalue weighted by Crippen LogP contribution is 2.43. The SMILES string of the molecule is CO[C@@H]1CC[C@@]2(OC)CCN(Cc3cc(F)ccc3-n3cccn3)[C@H]2C1. The lowest BCUT2D eigenvalue weighted by atomic mass is 9.79. The van der Waals surface area contributed by atoms with Crippen molar-refractivity contribution >= 4 is 0 Å². The molecule has 2 aliphatic rings. The highest BCUT2D eigenvalue weighted by atomic mass is 19.1. The maximum atomic E-state index is 14.0. The number of ether oxygens (including phenoxy) is 2. The number of nitrogens with zero attached hydrogens (tertiary/aromatic N) is 3. The van der Waals surface area contributed by atoms with Crippen molar-refractivity contribution in [2.75, 3.05) is 20.8 Å². The summed E-state index contributed by atoms with van der Waals surface area (Å²) in [4.78, 5) is 2.43.